The highest BCUT2D eigenvalue weighted by Crippen LogP contribution is 2.41. The third kappa shape index (κ3) is 4.47. The minimum Gasteiger partial charge on any atom is -0.476 e. The Morgan fingerprint density at radius 1 is 1.21 bits per heavy atom. The van der Waals surface area contributed by atoms with Crippen LogP contribution in [0, 0.1) is 11.6 Å². The van der Waals surface area contributed by atoms with Gasteiger partial charge in [-0.25, -0.2) is 13.6 Å². The van der Waals surface area contributed by atoms with Crippen molar-refractivity contribution in [2.45, 2.75) is 45.9 Å². The normalized spacial score (nSPS) is 16.1. The summed E-state index contributed by atoms with van der Waals surface area (Å²) in [5.41, 5.74) is -0.441. The third-order valence-electron chi connectivity index (χ3n) is 4.26. The Hall–Kier alpha value is -3.16. The maximum atomic E-state index is 15.1. The first kappa shape index (κ1) is 20.6. The zero-order chi connectivity index (χ0) is 21.3. The molecule has 0 saturated heterocycles. The third-order valence-corrected chi connectivity index (χ3v) is 4.26. The van der Waals surface area contributed by atoms with Gasteiger partial charge in [-0.05, 0) is 33.3 Å². The van der Waals surface area contributed by atoms with Crippen LogP contribution in [0.1, 0.15) is 33.3 Å². The van der Waals surface area contributed by atoms with Gasteiger partial charge in [0.05, 0.1) is 12.2 Å². The largest absolute Gasteiger partial charge is 0.476 e. The summed E-state index contributed by atoms with van der Waals surface area (Å²) in [6.45, 7) is 6.85. The summed E-state index contributed by atoms with van der Waals surface area (Å²) in [5.74, 6) is -2.76. The molecule has 3 rings (SSSR count). The standard InChI is InChI=1S/C21H23F2N3O3/c1-12-19(27)26(11-13-8-6-5-7-9-13)15-10-14(22)17(16(23)18(15)29-12)24-20(28)25-21(2,3)4/h5-10,12H,11H2,1-4H3,(H2,24,25,28)/t12-/m1/s1. The maximum absolute atomic E-state index is 15.1. The second-order valence-corrected chi connectivity index (χ2v) is 7.89. The van der Waals surface area contributed by atoms with E-state index in [2.05, 4.69) is 10.6 Å². The van der Waals surface area contributed by atoms with Crippen LogP contribution < -0.4 is 20.3 Å². The van der Waals surface area contributed by atoms with Gasteiger partial charge in [-0.3, -0.25) is 4.79 Å². The van der Waals surface area contributed by atoms with E-state index in [1.165, 1.54) is 11.8 Å². The van der Waals surface area contributed by atoms with Gasteiger partial charge in [-0.2, -0.15) is 0 Å². The number of anilines is 2. The molecule has 0 radical (unpaired) electrons. The van der Waals surface area contributed by atoms with E-state index in [0.29, 0.717) is 0 Å². The minimum atomic E-state index is -1.07. The van der Waals surface area contributed by atoms with Crippen molar-refractivity contribution in [2.75, 3.05) is 10.2 Å². The van der Waals surface area contributed by atoms with Crippen molar-refractivity contribution in [2.24, 2.45) is 0 Å². The van der Waals surface area contributed by atoms with E-state index in [4.69, 9.17) is 4.74 Å². The van der Waals surface area contributed by atoms with Crippen molar-refractivity contribution >= 4 is 23.3 Å². The molecule has 0 unspecified atom stereocenters. The van der Waals surface area contributed by atoms with Gasteiger partial charge >= 0.3 is 6.03 Å². The van der Waals surface area contributed by atoms with E-state index in [9.17, 15) is 14.0 Å². The molecule has 0 spiro atoms. The highest BCUT2D eigenvalue weighted by Gasteiger charge is 2.36. The van der Waals surface area contributed by atoms with E-state index in [1.54, 1.807) is 20.8 Å². The van der Waals surface area contributed by atoms with E-state index in [1.807, 2.05) is 30.3 Å². The summed E-state index contributed by atoms with van der Waals surface area (Å²) in [4.78, 5) is 26.0. The van der Waals surface area contributed by atoms with Crippen molar-refractivity contribution in [3.63, 3.8) is 0 Å². The predicted octanol–water partition coefficient (Wildman–Crippen LogP) is 4.20. The summed E-state index contributed by atoms with van der Waals surface area (Å²) in [7, 11) is 0. The van der Waals surface area contributed by atoms with Crippen LogP contribution in [0.25, 0.3) is 0 Å². The number of benzene rings is 2. The summed E-state index contributed by atoms with van der Waals surface area (Å²) < 4.78 is 35.2. The monoisotopic (exact) mass is 403 g/mol. The Balaban J connectivity index is 1.98. The molecule has 1 atom stereocenters. The second kappa shape index (κ2) is 7.69. The van der Waals surface area contributed by atoms with Crippen LogP contribution in [0.4, 0.5) is 25.0 Å². The Labute approximate surface area is 167 Å². The van der Waals surface area contributed by atoms with Crippen LogP contribution in [0.2, 0.25) is 0 Å². The average molecular weight is 403 g/mol. The van der Waals surface area contributed by atoms with Crippen LogP contribution >= 0.6 is 0 Å². The second-order valence-electron chi connectivity index (χ2n) is 7.89. The molecule has 1 aliphatic heterocycles. The summed E-state index contributed by atoms with van der Waals surface area (Å²) >= 11 is 0. The van der Waals surface area contributed by atoms with Gasteiger partial charge in [0, 0.05) is 11.6 Å². The number of nitrogens with one attached hydrogen (secondary N) is 2. The number of hydrogen-bond donors (Lipinski definition) is 2. The van der Waals surface area contributed by atoms with Crippen molar-refractivity contribution in [1.82, 2.24) is 5.32 Å². The van der Waals surface area contributed by atoms with E-state index < -0.39 is 40.9 Å². The lowest BCUT2D eigenvalue weighted by molar-refractivity contribution is -0.125. The molecular weight excluding hydrogens is 380 g/mol. The fourth-order valence-electron chi connectivity index (χ4n) is 3.00. The molecule has 29 heavy (non-hydrogen) atoms. The van der Waals surface area contributed by atoms with E-state index >= 15 is 4.39 Å². The van der Waals surface area contributed by atoms with Crippen LogP contribution in [-0.2, 0) is 11.3 Å². The summed E-state index contributed by atoms with van der Waals surface area (Å²) in [6.07, 6.45) is -0.956. The molecule has 2 N–H and O–H groups in total. The molecule has 154 valence electrons. The Morgan fingerprint density at radius 2 is 1.86 bits per heavy atom. The number of nitrogens with zero attached hydrogens (tertiary/aromatic N) is 1. The van der Waals surface area contributed by atoms with Gasteiger partial charge in [0.15, 0.2) is 23.5 Å². The fraction of sp³-hybridized carbons (Fsp3) is 0.333. The number of urea groups is 1. The van der Waals surface area contributed by atoms with Crippen LogP contribution in [0.15, 0.2) is 36.4 Å². The maximum Gasteiger partial charge on any atom is 0.319 e. The first-order valence-corrected chi connectivity index (χ1v) is 9.20. The number of fused-ring (bicyclic) bond motifs is 1. The molecule has 6 nitrogen and oxygen atoms in total. The molecule has 0 fully saturated rings. The van der Waals surface area contributed by atoms with Crippen molar-refractivity contribution < 1.29 is 23.1 Å². The molecule has 3 amide bonds. The number of rotatable bonds is 3. The molecule has 1 heterocycles. The number of ether oxygens (including phenoxy) is 1. The lowest BCUT2D eigenvalue weighted by atomic mass is 10.1. The summed E-state index contributed by atoms with van der Waals surface area (Å²) in [5, 5.41) is 4.76. The molecule has 0 aromatic heterocycles. The predicted molar refractivity (Wildman–Crippen MR) is 106 cm³/mol. The SMILES string of the molecule is C[C@H]1Oc2c(cc(F)c(NC(=O)NC(C)(C)C)c2F)N(Cc2ccccc2)C1=O. The fourth-order valence-corrected chi connectivity index (χ4v) is 3.00. The molecule has 8 heteroatoms. The zero-order valence-corrected chi connectivity index (χ0v) is 16.7. The topological polar surface area (TPSA) is 70.7 Å². The minimum absolute atomic E-state index is 0.0197. The van der Waals surface area contributed by atoms with Crippen LogP contribution in [0.3, 0.4) is 0 Å². The molecule has 2 aromatic rings. The quantitative estimate of drug-likeness (QED) is 0.807. The number of carbonyl (C=O) groups excluding carboxylic acids is 2. The number of amides is 3. The number of carbonyl (C=O) groups is 2. The van der Waals surface area contributed by atoms with Gasteiger partial charge in [0.2, 0.25) is 0 Å². The molecule has 0 saturated carbocycles. The number of halogens is 2. The van der Waals surface area contributed by atoms with Crippen LogP contribution in [-0.4, -0.2) is 23.6 Å². The van der Waals surface area contributed by atoms with Crippen LogP contribution in [0.5, 0.6) is 5.75 Å². The Morgan fingerprint density at radius 3 is 2.48 bits per heavy atom. The Kier molecular flexibility index (Phi) is 5.46. The number of hydrogen-bond acceptors (Lipinski definition) is 3. The van der Waals surface area contributed by atoms with E-state index in [0.717, 1.165) is 11.6 Å². The average Bonchev–Trinajstić information content (AvgIpc) is 2.63. The van der Waals surface area contributed by atoms with E-state index in [-0.39, 0.29) is 18.0 Å². The first-order valence-electron chi connectivity index (χ1n) is 9.20. The molecule has 0 aliphatic carbocycles. The molecular formula is C21H23F2N3O3. The lowest BCUT2D eigenvalue weighted by Crippen LogP contribution is -2.45. The van der Waals surface area contributed by atoms with Gasteiger partial charge in [-0.1, -0.05) is 30.3 Å². The molecule has 1 aliphatic rings. The summed E-state index contributed by atoms with van der Waals surface area (Å²) in [6, 6.07) is 9.33. The molecule has 2 aromatic carbocycles. The Bertz CT molecular complexity index is 942. The van der Waals surface area contributed by atoms with Crippen molar-refractivity contribution in [3.05, 3.63) is 53.6 Å². The highest BCUT2D eigenvalue weighted by molar-refractivity contribution is 6.00. The highest BCUT2D eigenvalue weighted by atomic mass is 19.1. The zero-order valence-electron chi connectivity index (χ0n) is 16.7. The lowest BCUT2D eigenvalue weighted by Gasteiger charge is -2.34. The van der Waals surface area contributed by atoms with Crippen molar-refractivity contribution in [3.8, 4) is 5.75 Å². The van der Waals surface area contributed by atoms with Gasteiger partial charge in [0.25, 0.3) is 5.91 Å². The van der Waals surface area contributed by atoms with Gasteiger partial charge < -0.3 is 20.3 Å². The van der Waals surface area contributed by atoms with Crippen molar-refractivity contribution in [1.29, 1.82) is 0 Å². The van der Waals surface area contributed by atoms with Gasteiger partial charge in [0.1, 0.15) is 5.69 Å². The smallest absolute Gasteiger partial charge is 0.319 e. The first-order chi connectivity index (χ1) is 13.6. The van der Waals surface area contributed by atoms with Gasteiger partial charge in [-0.15, -0.1) is 0 Å². The molecule has 0 bridgehead atoms.